The van der Waals surface area contributed by atoms with Crippen molar-refractivity contribution in [3.05, 3.63) is 47.0 Å². The van der Waals surface area contributed by atoms with E-state index < -0.39 is 0 Å². The van der Waals surface area contributed by atoms with Crippen LogP contribution in [0.3, 0.4) is 0 Å². The van der Waals surface area contributed by atoms with Gasteiger partial charge in [0.15, 0.2) is 0 Å². The molecule has 3 aliphatic carbocycles. The fourth-order valence-corrected chi connectivity index (χ4v) is 6.53. The molecule has 1 nitrogen and oxygen atoms in total. The number of aryl methyl sites for hydroxylation is 2. The first kappa shape index (κ1) is 21.2. The number of ether oxygens (including phenoxy) is 1. The van der Waals surface area contributed by atoms with Crippen molar-refractivity contribution in [3.63, 3.8) is 0 Å². The molecule has 0 amide bonds. The Labute approximate surface area is 179 Å². The average Bonchev–Trinajstić information content (AvgIpc) is 2.77. The summed E-state index contributed by atoms with van der Waals surface area (Å²) in [5.74, 6) is 3.83. The monoisotopic (exact) mass is 394 g/mol. The van der Waals surface area contributed by atoms with Gasteiger partial charge in [-0.2, -0.15) is 0 Å². The maximum atomic E-state index is 6.10. The number of allylic oxidation sites excluding steroid dienone is 1. The second kappa shape index (κ2) is 10.3. The molecule has 2 saturated carbocycles. The van der Waals surface area contributed by atoms with Crippen molar-refractivity contribution in [1.29, 1.82) is 0 Å². The molecule has 2 fully saturated rings. The number of unbranched alkanes of at least 4 members (excludes halogenated alkanes) is 1. The fraction of sp³-hybridized carbons (Fsp3) is 0.714. The lowest BCUT2D eigenvalue weighted by Crippen LogP contribution is -2.37. The zero-order valence-corrected chi connectivity index (χ0v) is 18.9. The Kier molecular flexibility index (Phi) is 7.51. The highest BCUT2D eigenvalue weighted by molar-refractivity contribution is 5.34. The normalized spacial score (nSPS) is 32.1. The molecule has 0 heterocycles. The minimum absolute atomic E-state index is 0.521. The Morgan fingerprint density at radius 3 is 2.55 bits per heavy atom. The summed E-state index contributed by atoms with van der Waals surface area (Å²) in [6, 6.07) is 7.43. The molecule has 0 N–H and O–H groups in total. The van der Waals surface area contributed by atoms with E-state index in [1.807, 2.05) is 0 Å². The second-order valence-corrected chi connectivity index (χ2v) is 10.1. The van der Waals surface area contributed by atoms with Crippen LogP contribution >= 0.6 is 0 Å². The van der Waals surface area contributed by atoms with Crippen LogP contribution in [0, 0.1) is 23.7 Å². The highest BCUT2D eigenvalue weighted by atomic mass is 16.5. The van der Waals surface area contributed by atoms with E-state index in [0.717, 1.165) is 30.3 Å². The van der Waals surface area contributed by atoms with Crippen LogP contribution in [0.5, 0.6) is 0 Å². The maximum Gasteiger partial charge on any atom is 0.0651 e. The molecule has 1 heteroatoms. The summed E-state index contributed by atoms with van der Waals surface area (Å²) < 4.78 is 6.10. The number of benzene rings is 1. The summed E-state index contributed by atoms with van der Waals surface area (Å²) in [6.45, 7) is 5.18. The molecular formula is C28H42O. The van der Waals surface area contributed by atoms with Crippen molar-refractivity contribution in [2.24, 2.45) is 23.7 Å². The van der Waals surface area contributed by atoms with Crippen LogP contribution in [0.4, 0.5) is 0 Å². The molecule has 5 atom stereocenters. The molecule has 0 aromatic heterocycles. The molecule has 3 aliphatic rings. The Hall–Kier alpha value is -1.08. The van der Waals surface area contributed by atoms with Crippen molar-refractivity contribution in [2.45, 2.75) is 97.0 Å². The third-order valence-corrected chi connectivity index (χ3v) is 8.29. The lowest BCUT2D eigenvalue weighted by molar-refractivity contribution is -0.0138. The Morgan fingerprint density at radius 2 is 1.72 bits per heavy atom. The molecule has 0 spiro atoms. The first-order valence-corrected chi connectivity index (χ1v) is 12.6. The van der Waals surface area contributed by atoms with E-state index in [1.54, 1.807) is 16.7 Å². The smallest absolute Gasteiger partial charge is 0.0651 e. The van der Waals surface area contributed by atoms with E-state index in [1.165, 1.54) is 77.0 Å². The van der Waals surface area contributed by atoms with Crippen LogP contribution in [0.25, 0.3) is 0 Å². The van der Waals surface area contributed by atoms with E-state index in [-0.39, 0.29) is 0 Å². The minimum Gasteiger partial charge on any atom is -0.374 e. The van der Waals surface area contributed by atoms with Crippen LogP contribution in [-0.4, -0.2) is 12.7 Å². The van der Waals surface area contributed by atoms with Gasteiger partial charge in [-0.05, 0) is 118 Å². The zero-order valence-electron chi connectivity index (χ0n) is 18.9. The van der Waals surface area contributed by atoms with Crippen molar-refractivity contribution in [3.8, 4) is 0 Å². The summed E-state index contributed by atoms with van der Waals surface area (Å²) in [7, 11) is 0. The molecule has 0 radical (unpaired) electrons. The number of hydrogen-bond donors (Lipinski definition) is 0. The van der Waals surface area contributed by atoms with Crippen LogP contribution in [-0.2, 0) is 24.0 Å². The predicted octanol–water partition coefficient (Wildman–Crippen LogP) is 7.31. The van der Waals surface area contributed by atoms with Crippen LogP contribution < -0.4 is 0 Å². The van der Waals surface area contributed by atoms with E-state index in [4.69, 9.17) is 4.74 Å². The zero-order chi connectivity index (χ0) is 20.1. The number of fused-ring (bicyclic) bond motifs is 2. The highest BCUT2D eigenvalue weighted by Crippen LogP contribution is 2.47. The molecular weight excluding hydrogens is 352 g/mol. The quantitative estimate of drug-likeness (QED) is 0.440. The first-order valence-electron chi connectivity index (χ1n) is 12.6. The lowest BCUT2D eigenvalue weighted by atomic mass is 9.62. The van der Waals surface area contributed by atoms with E-state index >= 15 is 0 Å². The summed E-state index contributed by atoms with van der Waals surface area (Å²) in [5, 5.41) is 0. The third kappa shape index (κ3) is 5.35. The van der Waals surface area contributed by atoms with Crippen molar-refractivity contribution in [2.75, 3.05) is 6.61 Å². The predicted molar refractivity (Wildman–Crippen MR) is 123 cm³/mol. The molecule has 4 rings (SSSR count). The molecule has 160 valence electrons. The van der Waals surface area contributed by atoms with E-state index in [9.17, 15) is 0 Å². The molecule has 0 bridgehead atoms. The largest absolute Gasteiger partial charge is 0.374 e. The first-order chi connectivity index (χ1) is 14.3. The molecule has 5 unspecified atom stereocenters. The summed E-state index contributed by atoms with van der Waals surface area (Å²) in [6.07, 6.45) is 21.2. The van der Waals surface area contributed by atoms with Crippen LogP contribution in [0.2, 0.25) is 0 Å². The number of hydrogen-bond acceptors (Lipinski definition) is 1. The fourth-order valence-electron chi connectivity index (χ4n) is 6.53. The van der Waals surface area contributed by atoms with Gasteiger partial charge in [-0.15, -0.1) is 0 Å². The van der Waals surface area contributed by atoms with Gasteiger partial charge in [0.1, 0.15) is 0 Å². The molecule has 0 aliphatic heterocycles. The van der Waals surface area contributed by atoms with Gasteiger partial charge in [-0.1, -0.05) is 43.7 Å². The standard InChI is InChI=1S/C28H42O/c1-3-5-7-21-8-9-23-18-24(11-10-22(23)17-21)25-12-13-27-20-28(29-16-6-4-2)15-14-26(27)19-25/h4,6,8-9,17,24-28H,3,5,7,10-16,18-20H2,1-2H3/b6-4+. The van der Waals surface area contributed by atoms with E-state index in [2.05, 4.69) is 44.2 Å². The van der Waals surface area contributed by atoms with Gasteiger partial charge in [0.25, 0.3) is 0 Å². The average molecular weight is 395 g/mol. The van der Waals surface area contributed by atoms with Crippen molar-refractivity contribution in [1.82, 2.24) is 0 Å². The maximum absolute atomic E-state index is 6.10. The number of rotatable bonds is 7. The Bertz CT molecular complexity index is 675. The molecule has 29 heavy (non-hydrogen) atoms. The Morgan fingerprint density at radius 1 is 0.931 bits per heavy atom. The molecule has 1 aromatic carbocycles. The van der Waals surface area contributed by atoms with Crippen LogP contribution in [0.15, 0.2) is 30.4 Å². The van der Waals surface area contributed by atoms with Gasteiger partial charge in [0.05, 0.1) is 12.7 Å². The van der Waals surface area contributed by atoms with Crippen molar-refractivity contribution >= 4 is 0 Å². The SMILES string of the molecule is C/C=C/COC1CCC2CC(C3CCc4cc(CCCC)ccc4C3)CCC2C1. The van der Waals surface area contributed by atoms with Gasteiger partial charge in [0.2, 0.25) is 0 Å². The topological polar surface area (TPSA) is 9.23 Å². The Balaban J connectivity index is 1.29. The van der Waals surface area contributed by atoms with Crippen molar-refractivity contribution < 1.29 is 4.74 Å². The van der Waals surface area contributed by atoms with Gasteiger partial charge in [-0.3, -0.25) is 0 Å². The van der Waals surface area contributed by atoms with Gasteiger partial charge in [0, 0.05) is 0 Å². The lowest BCUT2D eigenvalue weighted by Gasteiger charge is -2.45. The summed E-state index contributed by atoms with van der Waals surface area (Å²) in [4.78, 5) is 0. The third-order valence-electron chi connectivity index (χ3n) is 8.29. The van der Waals surface area contributed by atoms with Gasteiger partial charge >= 0.3 is 0 Å². The van der Waals surface area contributed by atoms with Gasteiger partial charge < -0.3 is 4.74 Å². The molecule has 0 saturated heterocycles. The minimum atomic E-state index is 0.521. The van der Waals surface area contributed by atoms with Crippen LogP contribution in [0.1, 0.15) is 88.3 Å². The van der Waals surface area contributed by atoms with E-state index in [0.29, 0.717) is 6.10 Å². The molecule has 1 aromatic rings. The second-order valence-electron chi connectivity index (χ2n) is 10.1. The highest BCUT2D eigenvalue weighted by Gasteiger charge is 2.38. The summed E-state index contributed by atoms with van der Waals surface area (Å²) >= 11 is 0. The summed E-state index contributed by atoms with van der Waals surface area (Å²) in [5.41, 5.74) is 4.91. The van der Waals surface area contributed by atoms with Gasteiger partial charge in [-0.25, -0.2) is 0 Å².